The van der Waals surface area contributed by atoms with Crippen LogP contribution in [0.5, 0.6) is 0 Å². The number of ketones is 1. The van der Waals surface area contributed by atoms with Gasteiger partial charge in [-0.3, -0.25) is 4.79 Å². The Kier molecular flexibility index (Phi) is 2.96. The standard InChI is InChI=1S/C13H16O/c1-10(2)5-6-11-9-13(3,4)8-7-12(11)14/h9H,1,7-8H2,2-4H3. The summed E-state index contributed by atoms with van der Waals surface area (Å²) in [6.45, 7) is 9.78. The quantitative estimate of drug-likeness (QED) is 0.534. The number of Topliss-reactive ketones (excluding diaryl/α,β-unsaturated/α-hetero) is 1. The van der Waals surface area contributed by atoms with Gasteiger partial charge in [0.05, 0.1) is 5.57 Å². The van der Waals surface area contributed by atoms with Crippen molar-refractivity contribution < 1.29 is 4.79 Å². The zero-order chi connectivity index (χ0) is 10.8. The SMILES string of the molecule is C=C(C)C#CC1=CC(C)(C)CCC1=O. The van der Waals surface area contributed by atoms with E-state index in [-0.39, 0.29) is 11.2 Å². The Labute approximate surface area is 85.9 Å². The molecular formula is C13H16O. The van der Waals surface area contributed by atoms with E-state index in [4.69, 9.17) is 0 Å². The lowest BCUT2D eigenvalue weighted by atomic mass is 9.79. The van der Waals surface area contributed by atoms with Gasteiger partial charge in [0, 0.05) is 6.42 Å². The molecule has 0 saturated carbocycles. The van der Waals surface area contributed by atoms with Crippen LogP contribution >= 0.6 is 0 Å². The summed E-state index contributed by atoms with van der Waals surface area (Å²) in [5.41, 5.74) is 1.55. The summed E-state index contributed by atoms with van der Waals surface area (Å²) in [5, 5.41) is 0. The molecule has 0 amide bonds. The lowest BCUT2D eigenvalue weighted by Gasteiger charge is -2.24. The van der Waals surface area contributed by atoms with Crippen LogP contribution in [0.4, 0.5) is 0 Å². The van der Waals surface area contributed by atoms with Crippen LogP contribution in [0, 0.1) is 17.3 Å². The molecule has 1 aliphatic carbocycles. The topological polar surface area (TPSA) is 17.1 Å². The first-order chi connectivity index (χ1) is 6.41. The van der Waals surface area contributed by atoms with E-state index in [2.05, 4.69) is 32.3 Å². The molecule has 74 valence electrons. The molecular weight excluding hydrogens is 172 g/mol. The Hall–Kier alpha value is -1.29. The van der Waals surface area contributed by atoms with Crippen LogP contribution in [0.2, 0.25) is 0 Å². The molecule has 0 atom stereocenters. The van der Waals surface area contributed by atoms with Gasteiger partial charge < -0.3 is 0 Å². The maximum absolute atomic E-state index is 11.5. The van der Waals surface area contributed by atoms with Crippen molar-refractivity contribution in [3.63, 3.8) is 0 Å². The van der Waals surface area contributed by atoms with Crippen LogP contribution in [0.1, 0.15) is 33.6 Å². The highest BCUT2D eigenvalue weighted by molar-refractivity contribution is 6.00. The van der Waals surface area contributed by atoms with E-state index in [1.165, 1.54) is 0 Å². The van der Waals surface area contributed by atoms with E-state index in [0.717, 1.165) is 12.0 Å². The Morgan fingerprint density at radius 2 is 2.21 bits per heavy atom. The fraction of sp³-hybridized carbons (Fsp3) is 0.462. The molecule has 1 nitrogen and oxygen atoms in total. The van der Waals surface area contributed by atoms with E-state index in [0.29, 0.717) is 12.0 Å². The molecule has 0 fully saturated rings. The molecule has 0 heterocycles. The minimum Gasteiger partial charge on any atom is -0.293 e. The number of rotatable bonds is 0. The second-order valence-corrected chi connectivity index (χ2v) is 4.50. The minimum atomic E-state index is 0.104. The maximum Gasteiger partial charge on any atom is 0.170 e. The normalized spacial score (nSPS) is 19.4. The van der Waals surface area contributed by atoms with E-state index in [1.807, 2.05) is 13.0 Å². The number of allylic oxidation sites excluding steroid dienone is 3. The maximum atomic E-state index is 11.5. The molecule has 0 aromatic rings. The fourth-order valence-corrected chi connectivity index (χ4v) is 1.39. The number of hydrogen-bond donors (Lipinski definition) is 0. The first kappa shape index (κ1) is 10.8. The molecule has 14 heavy (non-hydrogen) atoms. The third-order valence-electron chi connectivity index (χ3n) is 2.24. The summed E-state index contributed by atoms with van der Waals surface area (Å²) in [4.78, 5) is 11.5. The average molecular weight is 188 g/mol. The number of carbonyl (C=O) groups excluding carboxylic acids is 1. The first-order valence-electron chi connectivity index (χ1n) is 4.84. The molecule has 0 unspecified atom stereocenters. The van der Waals surface area contributed by atoms with Gasteiger partial charge in [-0.1, -0.05) is 38.3 Å². The lowest BCUT2D eigenvalue weighted by molar-refractivity contribution is -0.116. The second kappa shape index (κ2) is 3.84. The molecule has 1 aliphatic rings. The molecule has 0 N–H and O–H groups in total. The van der Waals surface area contributed by atoms with Crippen molar-refractivity contribution in [3.8, 4) is 11.8 Å². The van der Waals surface area contributed by atoms with Gasteiger partial charge in [-0.05, 0) is 24.3 Å². The molecule has 0 bridgehead atoms. The largest absolute Gasteiger partial charge is 0.293 e. The summed E-state index contributed by atoms with van der Waals surface area (Å²) in [5.74, 6) is 5.90. The van der Waals surface area contributed by atoms with Crippen molar-refractivity contribution in [3.05, 3.63) is 23.8 Å². The Morgan fingerprint density at radius 3 is 2.79 bits per heavy atom. The van der Waals surface area contributed by atoms with Crippen molar-refractivity contribution in [2.24, 2.45) is 5.41 Å². The van der Waals surface area contributed by atoms with Gasteiger partial charge in [0.15, 0.2) is 5.78 Å². The smallest absolute Gasteiger partial charge is 0.170 e. The van der Waals surface area contributed by atoms with Crippen molar-refractivity contribution in [2.75, 3.05) is 0 Å². The van der Waals surface area contributed by atoms with Crippen LogP contribution in [-0.2, 0) is 4.79 Å². The molecule has 0 aliphatic heterocycles. The minimum absolute atomic E-state index is 0.104. The van der Waals surface area contributed by atoms with E-state index >= 15 is 0 Å². The van der Waals surface area contributed by atoms with Gasteiger partial charge in [0.2, 0.25) is 0 Å². The number of carbonyl (C=O) groups is 1. The Morgan fingerprint density at radius 1 is 1.57 bits per heavy atom. The van der Waals surface area contributed by atoms with E-state index < -0.39 is 0 Å². The Bertz CT molecular complexity index is 358. The average Bonchev–Trinajstić information content (AvgIpc) is 2.06. The highest BCUT2D eigenvalue weighted by Crippen LogP contribution is 2.30. The molecule has 0 saturated heterocycles. The van der Waals surface area contributed by atoms with Crippen LogP contribution in [0.3, 0.4) is 0 Å². The highest BCUT2D eigenvalue weighted by Gasteiger charge is 2.24. The van der Waals surface area contributed by atoms with Crippen molar-refractivity contribution >= 4 is 5.78 Å². The second-order valence-electron chi connectivity index (χ2n) is 4.50. The van der Waals surface area contributed by atoms with Crippen molar-refractivity contribution in [1.82, 2.24) is 0 Å². The third-order valence-corrected chi connectivity index (χ3v) is 2.24. The monoisotopic (exact) mass is 188 g/mol. The van der Waals surface area contributed by atoms with E-state index in [9.17, 15) is 4.79 Å². The van der Waals surface area contributed by atoms with Gasteiger partial charge in [0.1, 0.15) is 0 Å². The van der Waals surface area contributed by atoms with Crippen LogP contribution in [0.15, 0.2) is 23.8 Å². The molecule has 1 rings (SSSR count). The highest BCUT2D eigenvalue weighted by atomic mass is 16.1. The molecule has 0 radical (unpaired) electrons. The summed E-state index contributed by atoms with van der Waals surface area (Å²) >= 11 is 0. The predicted molar refractivity (Wildman–Crippen MR) is 58.7 cm³/mol. The van der Waals surface area contributed by atoms with E-state index in [1.54, 1.807) is 0 Å². The predicted octanol–water partition coefficient (Wildman–Crippen LogP) is 2.88. The number of hydrogen-bond acceptors (Lipinski definition) is 1. The van der Waals surface area contributed by atoms with Crippen molar-refractivity contribution in [2.45, 2.75) is 33.6 Å². The zero-order valence-electron chi connectivity index (χ0n) is 9.11. The van der Waals surface area contributed by atoms with Gasteiger partial charge in [-0.2, -0.15) is 0 Å². The first-order valence-corrected chi connectivity index (χ1v) is 4.84. The van der Waals surface area contributed by atoms with Crippen molar-refractivity contribution in [1.29, 1.82) is 0 Å². The molecule has 0 spiro atoms. The molecule has 0 aromatic heterocycles. The van der Waals surface area contributed by atoms with Gasteiger partial charge in [-0.15, -0.1) is 0 Å². The van der Waals surface area contributed by atoms with Gasteiger partial charge >= 0.3 is 0 Å². The fourth-order valence-electron chi connectivity index (χ4n) is 1.39. The Balaban J connectivity index is 2.97. The summed E-state index contributed by atoms with van der Waals surface area (Å²) in [7, 11) is 0. The molecule has 0 aromatic carbocycles. The summed E-state index contributed by atoms with van der Waals surface area (Å²) in [6, 6.07) is 0. The zero-order valence-corrected chi connectivity index (χ0v) is 9.11. The van der Waals surface area contributed by atoms with Gasteiger partial charge in [0.25, 0.3) is 0 Å². The van der Waals surface area contributed by atoms with Crippen LogP contribution < -0.4 is 0 Å². The van der Waals surface area contributed by atoms with Crippen LogP contribution in [-0.4, -0.2) is 5.78 Å². The lowest BCUT2D eigenvalue weighted by Crippen LogP contribution is -2.19. The third kappa shape index (κ3) is 2.88. The summed E-state index contributed by atoms with van der Waals surface area (Å²) in [6.07, 6.45) is 3.52. The summed E-state index contributed by atoms with van der Waals surface area (Å²) < 4.78 is 0. The van der Waals surface area contributed by atoms with Gasteiger partial charge in [-0.25, -0.2) is 0 Å². The van der Waals surface area contributed by atoms with Crippen LogP contribution in [0.25, 0.3) is 0 Å². The molecule has 1 heteroatoms.